The molecule has 36 heavy (non-hydrogen) atoms. The Morgan fingerprint density at radius 1 is 1.22 bits per heavy atom. The van der Waals surface area contributed by atoms with Crippen molar-refractivity contribution < 1.29 is 37.1 Å². The number of allylic oxidation sites excluding steroid dienone is 5. The number of hydrogen-bond acceptors (Lipinski definition) is 7. The highest BCUT2D eigenvalue weighted by Crippen LogP contribution is 2.41. The van der Waals surface area contributed by atoms with Crippen LogP contribution in [-0.2, 0) is 36.9 Å². The maximum atomic E-state index is 12.8. The second-order valence-corrected chi connectivity index (χ2v) is 10.4. The van der Waals surface area contributed by atoms with Crippen molar-refractivity contribution in [2.24, 2.45) is 0 Å². The van der Waals surface area contributed by atoms with Gasteiger partial charge in [-0.1, -0.05) is 30.4 Å². The molecule has 1 atom stereocenters. The average Bonchev–Trinajstić information content (AvgIpc) is 3.21. The number of aryl methyl sites for hydroxylation is 1. The number of carbonyl (C=O) groups is 2. The van der Waals surface area contributed by atoms with Gasteiger partial charge in [-0.05, 0) is 78.8 Å². The van der Waals surface area contributed by atoms with E-state index in [1.165, 1.54) is 18.2 Å². The van der Waals surface area contributed by atoms with E-state index in [2.05, 4.69) is 0 Å². The summed E-state index contributed by atoms with van der Waals surface area (Å²) in [6, 6.07) is 6.77. The van der Waals surface area contributed by atoms with Gasteiger partial charge in [0.25, 0.3) is 10.1 Å². The zero-order chi connectivity index (χ0) is 26.2. The third kappa shape index (κ3) is 4.90. The van der Waals surface area contributed by atoms with Crippen LogP contribution in [0.25, 0.3) is 6.08 Å². The van der Waals surface area contributed by atoms with Crippen LogP contribution in [0.5, 0.6) is 5.75 Å². The number of fused-ring (bicyclic) bond motifs is 1. The van der Waals surface area contributed by atoms with Crippen molar-refractivity contribution in [3.05, 3.63) is 91.9 Å². The van der Waals surface area contributed by atoms with E-state index in [4.69, 9.17) is 8.92 Å². The van der Waals surface area contributed by atoms with Crippen LogP contribution in [0.15, 0.2) is 53.0 Å². The number of benzene rings is 2. The molecule has 1 aliphatic carbocycles. The van der Waals surface area contributed by atoms with E-state index in [9.17, 15) is 28.2 Å². The van der Waals surface area contributed by atoms with E-state index < -0.39 is 22.4 Å². The van der Waals surface area contributed by atoms with Crippen molar-refractivity contribution in [3.63, 3.8) is 0 Å². The minimum absolute atomic E-state index is 0.0243. The Morgan fingerprint density at radius 2 is 1.97 bits per heavy atom. The van der Waals surface area contributed by atoms with Gasteiger partial charge in [0.05, 0.1) is 17.1 Å². The third-order valence-corrected chi connectivity index (χ3v) is 7.74. The number of rotatable bonds is 7. The smallest absolute Gasteiger partial charge is 0.336 e. The van der Waals surface area contributed by atoms with Crippen LogP contribution in [0.3, 0.4) is 0 Å². The van der Waals surface area contributed by atoms with E-state index in [0.717, 1.165) is 5.56 Å². The molecule has 2 aliphatic rings. The highest BCUT2D eigenvalue weighted by molar-refractivity contribution is 7.90. The number of carboxylic acid groups (broad SMARTS) is 1. The Hall–Kier alpha value is -3.53. The number of phenolic OH excluding ortho intramolecular Hbond substituents is 1. The van der Waals surface area contributed by atoms with Crippen molar-refractivity contribution in [2.75, 3.05) is 0 Å². The standard InChI is InChI=1S/C27H26O8S/c1-15-6-4-9-22(26(30)31)21(15)8-5-7-18-12-19-14-34-27(24(19)17(3)25(18)29)35-36(32,33)20-11-10-16(2)23(28)13-20/h4-6,8-12,27,29H,7,13-14H2,1-3H3,(H,30,31)/b8-5+. The summed E-state index contributed by atoms with van der Waals surface area (Å²) in [7, 11) is -4.24. The van der Waals surface area contributed by atoms with Crippen LogP contribution in [0.2, 0.25) is 0 Å². The molecule has 0 amide bonds. The summed E-state index contributed by atoms with van der Waals surface area (Å²) in [6.45, 7) is 5.18. The van der Waals surface area contributed by atoms with E-state index in [1.54, 1.807) is 38.1 Å². The molecule has 8 nitrogen and oxygen atoms in total. The number of hydrogen-bond donors (Lipinski definition) is 2. The van der Waals surface area contributed by atoms with Gasteiger partial charge in [-0.2, -0.15) is 8.42 Å². The number of Topliss-reactive ketones (excluding diaryl/α,β-unsaturated/α-hetero) is 1. The normalized spacial score (nSPS) is 17.8. The summed E-state index contributed by atoms with van der Waals surface area (Å²) in [6.07, 6.45) is 5.08. The molecule has 0 saturated carbocycles. The molecule has 1 aliphatic heterocycles. The molecule has 0 radical (unpaired) electrons. The maximum absolute atomic E-state index is 12.8. The first-order valence-corrected chi connectivity index (χ1v) is 12.7. The highest BCUT2D eigenvalue weighted by atomic mass is 32.2. The Morgan fingerprint density at radius 3 is 2.67 bits per heavy atom. The zero-order valence-corrected chi connectivity index (χ0v) is 20.9. The highest BCUT2D eigenvalue weighted by Gasteiger charge is 2.35. The van der Waals surface area contributed by atoms with Crippen LogP contribution in [0.1, 0.15) is 63.4 Å². The van der Waals surface area contributed by atoms with Gasteiger partial charge in [0.1, 0.15) is 5.75 Å². The van der Waals surface area contributed by atoms with Crippen molar-refractivity contribution in [1.29, 1.82) is 0 Å². The van der Waals surface area contributed by atoms with Crippen molar-refractivity contribution in [1.82, 2.24) is 0 Å². The fraction of sp³-hybridized carbons (Fsp3) is 0.259. The molecular formula is C27H26O8S. The van der Waals surface area contributed by atoms with Crippen LogP contribution in [-0.4, -0.2) is 30.4 Å². The first-order valence-electron chi connectivity index (χ1n) is 11.3. The number of ether oxygens (including phenoxy) is 1. The van der Waals surface area contributed by atoms with E-state index in [0.29, 0.717) is 39.8 Å². The third-order valence-electron chi connectivity index (χ3n) is 6.39. The molecule has 188 valence electrons. The summed E-state index contributed by atoms with van der Waals surface area (Å²) in [5, 5.41) is 20.3. The molecule has 1 heterocycles. The van der Waals surface area contributed by atoms with Gasteiger partial charge in [-0.3, -0.25) is 4.79 Å². The number of aromatic carboxylic acids is 1. The lowest BCUT2D eigenvalue weighted by atomic mass is 9.96. The first-order chi connectivity index (χ1) is 17.0. The van der Waals surface area contributed by atoms with Gasteiger partial charge in [0, 0.05) is 12.0 Å². The average molecular weight is 511 g/mol. The fourth-order valence-corrected chi connectivity index (χ4v) is 5.35. The summed E-state index contributed by atoms with van der Waals surface area (Å²) >= 11 is 0. The molecule has 0 aromatic heterocycles. The van der Waals surface area contributed by atoms with Crippen molar-refractivity contribution in [2.45, 2.75) is 46.5 Å². The van der Waals surface area contributed by atoms with Crippen LogP contribution < -0.4 is 0 Å². The van der Waals surface area contributed by atoms with Crippen LogP contribution in [0, 0.1) is 13.8 Å². The molecule has 4 rings (SSSR count). The summed E-state index contributed by atoms with van der Waals surface area (Å²) in [4.78, 5) is 23.3. The number of carbonyl (C=O) groups excluding carboxylic acids is 1. The van der Waals surface area contributed by atoms with Gasteiger partial charge in [0.2, 0.25) is 6.29 Å². The Balaban J connectivity index is 1.57. The quantitative estimate of drug-likeness (QED) is 0.516. The molecule has 0 fully saturated rings. The van der Waals surface area contributed by atoms with E-state index in [1.807, 2.05) is 13.0 Å². The second kappa shape index (κ2) is 9.85. The Bertz CT molecular complexity index is 1460. The summed E-state index contributed by atoms with van der Waals surface area (Å²) in [5.74, 6) is -1.34. The molecule has 0 spiro atoms. The monoisotopic (exact) mass is 510 g/mol. The summed E-state index contributed by atoms with van der Waals surface area (Å²) < 4.78 is 36.5. The maximum Gasteiger partial charge on any atom is 0.336 e. The van der Waals surface area contributed by atoms with Gasteiger partial charge >= 0.3 is 5.97 Å². The second-order valence-electron chi connectivity index (χ2n) is 8.81. The lowest BCUT2D eigenvalue weighted by Gasteiger charge is -2.18. The molecule has 9 heteroatoms. The van der Waals surface area contributed by atoms with E-state index >= 15 is 0 Å². The van der Waals surface area contributed by atoms with Gasteiger partial charge in [-0.25, -0.2) is 8.98 Å². The molecule has 0 saturated heterocycles. The number of carboxylic acids is 1. The van der Waals surface area contributed by atoms with Crippen LogP contribution in [0.4, 0.5) is 0 Å². The molecule has 2 aromatic rings. The fourth-order valence-electron chi connectivity index (χ4n) is 4.30. The van der Waals surface area contributed by atoms with E-state index in [-0.39, 0.29) is 35.0 Å². The minimum atomic E-state index is -4.24. The summed E-state index contributed by atoms with van der Waals surface area (Å²) in [5.41, 5.74) is 4.20. The Kier molecular flexibility index (Phi) is 6.99. The molecule has 2 N–H and O–H groups in total. The lowest BCUT2D eigenvalue weighted by molar-refractivity contribution is -0.115. The largest absolute Gasteiger partial charge is 0.507 e. The molecular weight excluding hydrogens is 484 g/mol. The van der Waals surface area contributed by atoms with Crippen molar-refractivity contribution in [3.8, 4) is 5.75 Å². The Labute approximate surface area is 209 Å². The predicted molar refractivity (Wildman–Crippen MR) is 133 cm³/mol. The minimum Gasteiger partial charge on any atom is -0.507 e. The molecule has 1 unspecified atom stereocenters. The number of aromatic hydroxyl groups is 1. The molecule has 2 aromatic carbocycles. The van der Waals surface area contributed by atoms with Gasteiger partial charge in [-0.15, -0.1) is 0 Å². The topological polar surface area (TPSA) is 127 Å². The van der Waals surface area contributed by atoms with Crippen LogP contribution >= 0.6 is 0 Å². The van der Waals surface area contributed by atoms with Gasteiger partial charge in [0.15, 0.2) is 5.78 Å². The number of phenols is 1. The first kappa shape index (κ1) is 25.6. The number of ketones is 1. The predicted octanol–water partition coefficient (Wildman–Crippen LogP) is 4.64. The molecule has 0 bridgehead atoms. The lowest BCUT2D eigenvalue weighted by Crippen LogP contribution is -2.18. The SMILES string of the molecule is CC1=CC=C(S(=O)(=O)OC2OCc3cc(C/C=C/c4c(C)cccc4C(=O)O)c(O)c(C)c32)CC1=O. The van der Waals surface area contributed by atoms with Crippen molar-refractivity contribution >= 4 is 27.9 Å². The van der Waals surface area contributed by atoms with Gasteiger partial charge < -0.3 is 14.9 Å². The zero-order valence-electron chi connectivity index (χ0n) is 20.1.